The van der Waals surface area contributed by atoms with Gasteiger partial charge in [-0.05, 0) is 11.6 Å². The van der Waals surface area contributed by atoms with E-state index in [0.717, 1.165) is 11.1 Å². The van der Waals surface area contributed by atoms with E-state index in [2.05, 4.69) is 0 Å². The summed E-state index contributed by atoms with van der Waals surface area (Å²) in [5, 5.41) is 0. The zero-order valence-corrected chi connectivity index (χ0v) is 9.21. The lowest BCUT2D eigenvalue weighted by atomic mass is 10.1. The number of Topliss-reactive ketones (excluding diaryl/α,β-unsaturated/α-hetero) is 1. The smallest absolute Gasteiger partial charge is 0.162 e. The normalized spacial score (nSPS) is 8.86. The van der Waals surface area contributed by atoms with Gasteiger partial charge in [0, 0.05) is 18.5 Å². The fourth-order valence-corrected chi connectivity index (χ4v) is 1.08. The van der Waals surface area contributed by atoms with Crippen LogP contribution in [0, 0.1) is 0 Å². The van der Waals surface area contributed by atoms with Crippen LogP contribution in [0.2, 0.25) is 0 Å². The molecule has 1 aromatic rings. The van der Waals surface area contributed by atoms with Gasteiger partial charge in [-0.1, -0.05) is 39.0 Å². The molecule has 0 saturated carbocycles. The Bertz CT molecular complexity index is 281. The number of rotatable bonds is 3. The Morgan fingerprint density at radius 2 is 2.00 bits per heavy atom. The van der Waals surface area contributed by atoms with Gasteiger partial charge in [-0.3, -0.25) is 4.79 Å². The van der Waals surface area contributed by atoms with Crippen LogP contribution >= 0.6 is 0 Å². The number of hydrogen-bond acceptors (Lipinski definition) is 2. The third-order valence-electron chi connectivity index (χ3n) is 1.81. The first-order valence-corrected chi connectivity index (χ1v) is 5.10. The molecule has 0 heterocycles. The quantitative estimate of drug-likeness (QED) is 0.750. The van der Waals surface area contributed by atoms with Gasteiger partial charge in [-0.2, -0.15) is 0 Å². The van der Waals surface area contributed by atoms with E-state index in [-0.39, 0.29) is 5.78 Å². The molecular weight excluding hydrogens is 174 g/mol. The van der Waals surface area contributed by atoms with Crippen LogP contribution in [0.1, 0.15) is 43.1 Å². The van der Waals surface area contributed by atoms with Crippen LogP contribution in [-0.2, 0) is 6.54 Å². The maximum Gasteiger partial charge on any atom is 0.162 e. The third kappa shape index (κ3) is 3.71. The summed E-state index contributed by atoms with van der Waals surface area (Å²) in [6.07, 6.45) is 0.550. The van der Waals surface area contributed by atoms with E-state index >= 15 is 0 Å². The number of carbonyl (C=O) groups is 1. The first-order valence-electron chi connectivity index (χ1n) is 5.10. The number of benzene rings is 1. The van der Waals surface area contributed by atoms with Crippen LogP contribution in [0.5, 0.6) is 0 Å². The fourth-order valence-electron chi connectivity index (χ4n) is 1.08. The maximum atomic E-state index is 11.2. The molecule has 2 nitrogen and oxygen atoms in total. The number of carbonyl (C=O) groups excluding carboxylic acids is 1. The molecule has 0 aliphatic carbocycles. The molecule has 0 amide bonds. The van der Waals surface area contributed by atoms with Gasteiger partial charge in [0.25, 0.3) is 0 Å². The van der Waals surface area contributed by atoms with E-state index < -0.39 is 0 Å². The van der Waals surface area contributed by atoms with E-state index in [1.54, 1.807) is 0 Å². The molecule has 0 aliphatic heterocycles. The molecule has 1 rings (SSSR count). The van der Waals surface area contributed by atoms with Crippen molar-refractivity contribution in [3.8, 4) is 0 Å². The average Bonchev–Trinajstić information content (AvgIpc) is 2.30. The SMILES string of the molecule is CC.CCC(=O)c1cccc(CN)c1. The highest BCUT2D eigenvalue weighted by Gasteiger charge is 2.01. The third-order valence-corrected chi connectivity index (χ3v) is 1.81. The molecule has 0 saturated heterocycles. The molecule has 0 bridgehead atoms. The number of hydrogen-bond donors (Lipinski definition) is 1. The predicted molar refractivity (Wildman–Crippen MR) is 60.3 cm³/mol. The largest absolute Gasteiger partial charge is 0.326 e. The molecule has 1 aromatic carbocycles. The van der Waals surface area contributed by atoms with E-state index in [0.29, 0.717) is 13.0 Å². The van der Waals surface area contributed by atoms with Crippen molar-refractivity contribution in [3.05, 3.63) is 35.4 Å². The molecule has 2 heteroatoms. The standard InChI is InChI=1S/C10H13NO.C2H6/c1-2-10(12)9-5-3-4-8(6-9)7-11;1-2/h3-6H,2,7,11H2,1H3;1-2H3. The van der Waals surface area contributed by atoms with Crippen LogP contribution < -0.4 is 5.73 Å². The average molecular weight is 193 g/mol. The highest BCUT2D eigenvalue weighted by Crippen LogP contribution is 2.06. The lowest BCUT2D eigenvalue weighted by Gasteiger charge is -2.00. The second-order valence-corrected chi connectivity index (χ2v) is 2.68. The summed E-state index contributed by atoms with van der Waals surface area (Å²) in [4.78, 5) is 11.2. The minimum Gasteiger partial charge on any atom is -0.326 e. The summed E-state index contributed by atoms with van der Waals surface area (Å²) in [6, 6.07) is 7.47. The molecule has 2 N–H and O–H groups in total. The van der Waals surface area contributed by atoms with Gasteiger partial charge in [0.2, 0.25) is 0 Å². The maximum absolute atomic E-state index is 11.2. The van der Waals surface area contributed by atoms with Crippen molar-refractivity contribution in [3.63, 3.8) is 0 Å². The van der Waals surface area contributed by atoms with E-state index in [9.17, 15) is 4.79 Å². The summed E-state index contributed by atoms with van der Waals surface area (Å²) in [6.45, 7) is 6.35. The summed E-state index contributed by atoms with van der Waals surface area (Å²) < 4.78 is 0. The summed E-state index contributed by atoms with van der Waals surface area (Å²) in [5.74, 6) is 0.172. The Morgan fingerprint density at radius 3 is 2.50 bits per heavy atom. The molecule has 0 spiro atoms. The number of ketones is 1. The van der Waals surface area contributed by atoms with E-state index in [1.165, 1.54) is 0 Å². The lowest BCUT2D eigenvalue weighted by Crippen LogP contribution is -2.00. The molecule has 0 atom stereocenters. The van der Waals surface area contributed by atoms with Crippen molar-refractivity contribution >= 4 is 5.78 Å². The zero-order valence-electron chi connectivity index (χ0n) is 9.21. The molecule has 0 radical (unpaired) electrons. The molecule has 0 fully saturated rings. The van der Waals surface area contributed by atoms with Crippen molar-refractivity contribution in [2.45, 2.75) is 33.7 Å². The first kappa shape index (κ1) is 12.8. The predicted octanol–water partition coefficient (Wildman–Crippen LogP) is 2.76. The zero-order chi connectivity index (χ0) is 11.0. The monoisotopic (exact) mass is 193 g/mol. The van der Waals surface area contributed by atoms with E-state index in [4.69, 9.17) is 5.73 Å². The Hall–Kier alpha value is -1.15. The van der Waals surface area contributed by atoms with Crippen molar-refractivity contribution in [2.75, 3.05) is 0 Å². The van der Waals surface area contributed by atoms with E-state index in [1.807, 2.05) is 45.0 Å². The fraction of sp³-hybridized carbons (Fsp3) is 0.417. The van der Waals surface area contributed by atoms with Crippen LogP contribution in [0.25, 0.3) is 0 Å². The van der Waals surface area contributed by atoms with Crippen molar-refractivity contribution in [1.29, 1.82) is 0 Å². The second-order valence-electron chi connectivity index (χ2n) is 2.68. The summed E-state index contributed by atoms with van der Waals surface area (Å²) in [5.41, 5.74) is 7.22. The van der Waals surface area contributed by atoms with Crippen molar-refractivity contribution < 1.29 is 4.79 Å². The van der Waals surface area contributed by atoms with Crippen LogP contribution in [0.3, 0.4) is 0 Å². The molecular formula is C12H19NO. The van der Waals surface area contributed by atoms with Gasteiger partial charge < -0.3 is 5.73 Å². The molecule has 0 unspecified atom stereocenters. The Kier molecular flexibility index (Phi) is 6.68. The summed E-state index contributed by atoms with van der Waals surface area (Å²) in [7, 11) is 0. The first-order chi connectivity index (χ1) is 6.77. The molecule has 0 aliphatic rings. The second kappa shape index (κ2) is 7.27. The van der Waals surface area contributed by atoms with Gasteiger partial charge in [0.15, 0.2) is 5.78 Å². The summed E-state index contributed by atoms with van der Waals surface area (Å²) >= 11 is 0. The molecule has 0 aromatic heterocycles. The van der Waals surface area contributed by atoms with Gasteiger partial charge in [-0.15, -0.1) is 0 Å². The van der Waals surface area contributed by atoms with Crippen LogP contribution in [-0.4, -0.2) is 5.78 Å². The Balaban J connectivity index is 0.000000791. The topological polar surface area (TPSA) is 43.1 Å². The Labute approximate surface area is 86.1 Å². The van der Waals surface area contributed by atoms with Gasteiger partial charge in [-0.25, -0.2) is 0 Å². The van der Waals surface area contributed by atoms with Crippen LogP contribution in [0.4, 0.5) is 0 Å². The van der Waals surface area contributed by atoms with Gasteiger partial charge in [0.1, 0.15) is 0 Å². The van der Waals surface area contributed by atoms with Gasteiger partial charge >= 0.3 is 0 Å². The molecule has 78 valence electrons. The minimum absolute atomic E-state index is 0.172. The van der Waals surface area contributed by atoms with Crippen LogP contribution in [0.15, 0.2) is 24.3 Å². The minimum atomic E-state index is 0.172. The van der Waals surface area contributed by atoms with Gasteiger partial charge in [0.05, 0.1) is 0 Å². The highest BCUT2D eigenvalue weighted by molar-refractivity contribution is 5.95. The Morgan fingerprint density at radius 1 is 1.36 bits per heavy atom. The molecule has 14 heavy (non-hydrogen) atoms. The highest BCUT2D eigenvalue weighted by atomic mass is 16.1. The van der Waals surface area contributed by atoms with Crippen molar-refractivity contribution in [1.82, 2.24) is 0 Å². The van der Waals surface area contributed by atoms with Crippen molar-refractivity contribution in [2.24, 2.45) is 5.73 Å². The lowest BCUT2D eigenvalue weighted by molar-refractivity contribution is 0.0988. The number of nitrogens with two attached hydrogens (primary N) is 1.